The average Bonchev–Trinajstić information content (AvgIpc) is 3.82. The summed E-state index contributed by atoms with van der Waals surface area (Å²) in [6.07, 6.45) is 5.04. The number of nitrogens with zero attached hydrogens (tertiary/aromatic N) is 1. The molecule has 1 fully saturated rings. The van der Waals surface area contributed by atoms with E-state index >= 15 is 0 Å². The molecule has 0 radical (unpaired) electrons. The maximum absolute atomic E-state index is 2.61. The zero-order valence-corrected chi connectivity index (χ0v) is 27.2. The minimum Gasteiger partial charge on any atom is -0.310 e. The van der Waals surface area contributed by atoms with Crippen LogP contribution in [0.5, 0.6) is 0 Å². The van der Waals surface area contributed by atoms with Crippen molar-refractivity contribution in [2.24, 2.45) is 0 Å². The van der Waals surface area contributed by atoms with Crippen LogP contribution in [0.4, 0.5) is 17.1 Å². The molecule has 2 spiro atoms. The van der Waals surface area contributed by atoms with Crippen LogP contribution in [0.1, 0.15) is 36.8 Å². The van der Waals surface area contributed by atoms with E-state index < -0.39 is 8.07 Å². The van der Waals surface area contributed by atoms with E-state index in [-0.39, 0.29) is 5.41 Å². The highest BCUT2D eigenvalue weighted by Gasteiger charge is 2.54. The van der Waals surface area contributed by atoms with E-state index in [1.54, 1.807) is 0 Å². The first-order valence-corrected chi connectivity index (χ1v) is 19.2. The molecule has 0 amide bonds. The van der Waals surface area contributed by atoms with Crippen molar-refractivity contribution >= 4 is 56.7 Å². The number of benzene rings is 7. The van der Waals surface area contributed by atoms with Gasteiger partial charge < -0.3 is 4.90 Å². The van der Waals surface area contributed by atoms with Crippen molar-refractivity contribution in [3.05, 3.63) is 163 Å². The van der Waals surface area contributed by atoms with Crippen molar-refractivity contribution in [3.63, 3.8) is 0 Å². The molecule has 7 aromatic carbocycles. The minimum absolute atomic E-state index is 0.108. The SMILES string of the molecule is c1ccc2c(c1)-c1ccc(N3c4ccccc4C4(CCCC4)c4ccccc43)cc1[Si]21c2ccccc2-c2c1ccc1ccccc21. The first-order valence-electron chi connectivity index (χ1n) is 17.2. The number of fused-ring (bicyclic) bond motifs is 16. The average molecular weight is 616 g/mol. The topological polar surface area (TPSA) is 3.24 Å². The lowest BCUT2D eigenvalue weighted by atomic mass is 9.69. The summed E-state index contributed by atoms with van der Waals surface area (Å²) in [5, 5.41) is 8.79. The molecule has 11 rings (SSSR count). The Morgan fingerprint density at radius 1 is 0.468 bits per heavy atom. The second-order valence-corrected chi connectivity index (χ2v) is 17.6. The molecular weight excluding hydrogens is 583 g/mol. The van der Waals surface area contributed by atoms with E-state index in [0.29, 0.717) is 0 Å². The summed E-state index contributed by atoms with van der Waals surface area (Å²) in [5.41, 5.74) is 12.7. The van der Waals surface area contributed by atoms with Crippen LogP contribution in [-0.4, -0.2) is 8.07 Å². The summed E-state index contributed by atoms with van der Waals surface area (Å²) in [7, 11) is -2.61. The number of anilines is 3. The van der Waals surface area contributed by atoms with Gasteiger partial charge in [-0.05, 0) is 102 Å². The molecule has 1 saturated carbocycles. The molecule has 1 unspecified atom stereocenters. The Morgan fingerprint density at radius 3 is 1.83 bits per heavy atom. The van der Waals surface area contributed by atoms with Crippen molar-refractivity contribution in [1.82, 2.24) is 0 Å². The van der Waals surface area contributed by atoms with E-state index in [0.717, 1.165) is 0 Å². The highest BCUT2D eigenvalue weighted by Crippen LogP contribution is 2.58. The molecule has 47 heavy (non-hydrogen) atoms. The van der Waals surface area contributed by atoms with Crippen molar-refractivity contribution in [1.29, 1.82) is 0 Å². The van der Waals surface area contributed by atoms with Gasteiger partial charge in [0.2, 0.25) is 0 Å². The summed E-state index contributed by atoms with van der Waals surface area (Å²) >= 11 is 0. The van der Waals surface area contributed by atoms with Crippen LogP contribution >= 0.6 is 0 Å². The number of hydrogen-bond acceptors (Lipinski definition) is 1. The van der Waals surface area contributed by atoms with Gasteiger partial charge in [0.15, 0.2) is 8.07 Å². The lowest BCUT2D eigenvalue weighted by molar-refractivity contribution is 0.530. The van der Waals surface area contributed by atoms with Crippen LogP contribution in [0.15, 0.2) is 152 Å². The monoisotopic (exact) mass is 615 g/mol. The molecule has 222 valence electrons. The quantitative estimate of drug-likeness (QED) is 0.167. The molecule has 4 aliphatic rings. The second kappa shape index (κ2) is 9.21. The zero-order chi connectivity index (χ0) is 30.7. The summed E-state index contributed by atoms with van der Waals surface area (Å²) in [4.78, 5) is 2.59. The Hall–Kier alpha value is -5.18. The Morgan fingerprint density at radius 2 is 1.06 bits per heavy atom. The Balaban J connectivity index is 1.23. The highest BCUT2D eigenvalue weighted by molar-refractivity contribution is 7.24. The Kier molecular flexibility index (Phi) is 5.09. The molecule has 7 aromatic rings. The third kappa shape index (κ3) is 3.10. The second-order valence-electron chi connectivity index (χ2n) is 13.9. The summed E-state index contributed by atoms with van der Waals surface area (Å²) in [6, 6.07) is 58.4. The zero-order valence-electron chi connectivity index (χ0n) is 26.2. The van der Waals surface area contributed by atoms with Gasteiger partial charge in [0.25, 0.3) is 0 Å². The highest BCUT2D eigenvalue weighted by atomic mass is 28.3. The van der Waals surface area contributed by atoms with Crippen LogP contribution in [0.3, 0.4) is 0 Å². The van der Waals surface area contributed by atoms with Crippen molar-refractivity contribution in [2.75, 3.05) is 4.90 Å². The maximum Gasteiger partial charge on any atom is 0.182 e. The van der Waals surface area contributed by atoms with Crippen LogP contribution in [0, 0.1) is 0 Å². The summed E-state index contributed by atoms with van der Waals surface area (Å²) in [6.45, 7) is 0. The Labute approximate surface area is 276 Å². The predicted octanol–water partition coefficient (Wildman–Crippen LogP) is 8.82. The molecule has 1 nitrogen and oxygen atoms in total. The number of rotatable bonds is 1. The van der Waals surface area contributed by atoms with E-state index in [1.165, 1.54) is 108 Å². The van der Waals surface area contributed by atoms with Crippen LogP contribution in [0.25, 0.3) is 33.0 Å². The van der Waals surface area contributed by atoms with Gasteiger partial charge in [-0.15, -0.1) is 0 Å². The first-order chi connectivity index (χ1) is 23.3. The smallest absolute Gasteiger partial charge is 0.182 e. The van der Waals surface area contributed by atoms with Gasteiger partial charge in [0, 0.05) is 11.1 Å². The fourth-order valence-corrected chi connectivity index (χ4v) is 15.9. The fraction of sp³-hybridized carbons (Fsp3) is 0.111. The third-order valence-corrected chi connectivity index (χ3v) is 16.9. The van der Waals surface area contributed by atoms with Gasteiger partial charge in [0.05, 0.1) is 11.4 Å². The number of para-hydroxylation sites is 2. The molecule has 3 heterocycles. The first kappa shape index (κ1) is 25.9. The Bertz CT molecular complexity index is 2400. The lowest BCUT2D eigenvalue weighted by Gasteiger charge is -2.44. The molecule has 0 saturated heterocycles. The molecule has 0 bridgehead atoms. The minimum atomic E-state index is -2.61. The van der Waals surface area contributed by atoms with E-state index in [9.17, 15) is 0 Å². The molecule has 0 aromatic heterocycles. The molecular formula is C45H33NSi. The fourth-order valence-electron chi connectivity index (χ4n) is 10.3. The van der Waals surface area contributed by atoms with Gasteiger partial charge >= 0.3 is 0 Å². The molecule has 1 atom stereocenters. The number of hydrogen-bond donors (Lipinski definition) is 0. The van der Waals surface area contributed by atoms with E-state index in [1.807, 2.05) is 0 Å². The van der Waals surface area contributed by atoms with Crippen LogP contribution in [0.2, 0.25) is 0 Å². The lowest BCUT2D eigenvalue weighted by Crippen LogP contribution is -2.70. The largest absolute Gasteiger partial charge is 0.310 e. The van der Waals surface area contributed by atoms with Crippen LogP contribution < -0.4 is 25.6 Å². The summed E-state index contributed by atoms with van der Waals surface area (Å²) < 4.78 is 0. The summed E-state index contributed by atoms with van der Waals surface area (Å²) in [5.74, 6) is 0. The van der Waals surface area contributed by atoms with Crippen LogP contribution in [-0.2, 0) is 5.41 Å². The molecule has 1 aliphatic carbocycles. The molecule has 0 N–H and O–H groups in total. The van der Waals surface area contributed by atoms with E-state index in [2.05, 4.69) is 157 Å². The third-order valence-electron chi connectivity index (χ3n) is 12.0. The van der Waals surface area contributed by atoms with Gasteiger partial charge in [-0.3, -0.25) is 0 Å². The molecule has 3 aliphatic heterocycles. The normalized spacial score (nSPS) is 18.9. The maximum atomic E-state index is 2.60. The van der Waals surface area contributed by atoms with E-state index in [4.69, 9.17) is 0 Å². The van der Waals surface area contributed by atoms with Gasteiger partial charge in [-0.25, -0.2) is 0 Å². The standard InChI is InChI=1S/C45H33NSi/c1-2-14-32-30(13-1)23-26-42-44(32)35-16-4-10-22-41(35)47(42)40-21-9-3-15-33(40)34-25-24-31(29-43(34)47)46-38-19-7-5-17-36(38)45(27-11-12-28-45)37-18-6-8-20-39(37)46/h1-10,13-26,29H,11-12,27-28H2. The van der Waals surface area contributed by atoms with Gasteiger partial charge in [-0.1, -0.05) is 140 Å². The molecule has 2 heteroatoms. The van der Waals surface area contributed by atoms with Gasteiger partial charge in [0.1, 0.15) is 0 Å². The van der Waals surface area contributed by atoms with Crippen molar-refractivity contribution in [2.45, 2.75) is 31.1 Å². The van der Waals surface area contributed by atoms with Crippen molar-refractivity contribution in [3.8, 4) is 22.3 Å². The van der Waals surface area contributed by atoms with Gasteiger partial charge in [-0.2, -0.15) is 0 Å². The predicted molar refractivity (Wildman–Crippen MR) is 199 cm³/mol. The van der Waals surface area contributed by atoms with Crippen molar-refractivity contribution < 1.29 is 0 Å².